The van der Waals surface area contributed by atoms with Gasteiger partial charge in [0.25, 0.3) is 0 Å². The van der Waals surface area contributed by atoms with Crippen LogP contribution in [0.4, 0.5) is 13.2 Å². The van der Waals surface area contributed by atoms with Gasteiger partial charge < -0.3 is 29.0 Å². The molecule has 4 rings (SSSR count). The first-order valence-corrected chi connectivity index (χ1v) is 12.4. The number of hydrogen-bond acceptors (Lipinski definition) is 7. The molecule has 0 radical (unpaired) electrons. The van der Waals surface area contributed by atoms with E-state index in [4.69, 9.17) is 14.2 Å². The van der Waals surface area contributed by atoms with Crippen LogP contribution in [0, 0.1) is 24.4 Å². The first-order chi connectivity index (χ1) is 18.2. The maximum absolute atomic E-state index is 13.5. The fourth-order valence-electron chi connectivity index (χ4n) is 4.49. The van der Waals surface area contributed by atoms with Crippen LogP contribution in [-0.4, -0.2) is 69.8 Å². The summed E-state index contributed by atoms with van der Waals surface area (Å²) in [5.74, 6) is -2.53. The van der Waals surface area contributed by atoms with Crippen LogP contribution in [-0.2, 0) is 13.1 Å². The lowest BCUT2D eigenvalue weighted by atomic mass is 9.90. The Balaban J connectivity index is 1.36. The zero-order valence-electron chi connectivity index (χ0n) is 21.4. The highest BCUT2D eigenvalue weighted by Gasteiger charge is 2.42. The molecule has 1 fully saturated rings. The number of ether oxygens (including phenoxy) is 3. The third kappa shape index (κ3) is 6.58. The van der Waals surface area contributed by atoms with Crippen LogP contribution in [0.2, 0.25) is 0 Å². The van der Waals surface area contributed by atoms with Gasteiger partial charge in [-0.15, -0.1) is 0 Å². The molecule has 2 heterocycles. The Morgan fingerprint density at radius 3 is 2.55 bits per heavy atom. The van der Waals surface area contributed by atoms with Gasteiger partial charge in [-0.3, -0.25) is 4.90 Å². The molecule has 0 saturated carbocycles. The Hall–Kier alpha value is -3.28. The van der Waals surface area contributed by atoms with Crippen LogP contribution in [0.5, 0.6) is 17.2 Å². The smallest absolute Gasteiger partial charge is 0.194 e. The number of aliphatic hydroxyl groups excluding tert-OH is 1. The number of piperidine rings is 1. The van der Waals surface area contributed by atoms with Gasteiger partial charge in [0, 0.05) is 50.7 Å². The average molecular weight is 536 g/mol. The van der Waals surface area contributed by atoms with Crippen molar-refractivity contribution in [2.24, 2.45) is 0 Å². The standard InChI is InChI=1S/C27H32F3N3O5/c1-18-31-7-10-33(18)8-3-11-37-24-12-19(4-5-23(24)36-2)15-32-9-6-25(34)27(35,16-32)17-38-20-13-21(28)26(30)22(29)14-20/h4-5,7,10,12-14,25,34-35H,3,6,8-9,11,15-17H2,1-2H3/t25-,27-/m0/s1. The molecule has 0 spiro atoms. The second kappa shape index (κ2) is 12.1. The molecule has 2 atom stereocenters. The summed E-state index contributed by atoms with van der Waals surface area (Å²) in [5.41, 5.74) is -0.787. The zero-order chi connectivity index (χ0) is 27.3. The number of benzene rings is 2. The van der Waals surface area contributed by atoms with Crippen molar-refractivity contribution >= 4 is 0 Å². The maximum atomic E-state index is 13.5. The topological polar surface area (TPSA) is 89.2 Å². The van der Waals surface area contributed by atoms with E-state index in [2.05, 4.69) is 9.55 Å². The van der Waals surface area contributed by atoms with Crippen molar-refractivity contribution in [3.05, 3.63) is 71.6 Å². The van der Waals surface area contributed by atoms with Crippen LogP contribution < -0.4 is 14.2 Å². The molecular formula is C27H32F3N3O5. The summed E-state index contributed by atoms with van der Waals surface area (Å²) in [6.07, 6.45) is 3.62. The SMILES string of the molecule is COc1ccc(CN2CC[C@H](O)[C@@](O)(COc3cc(F)c(F)c(F)c3)C2)cc1OCCCn1ccnc1C. The van der Waals surface area contributed by atoms with Crippen LogP contribution in [0.1, 0.15) is 24.2 Å². The van der Waals surface area contributed by atoms with E-state index in [0.29, 0.717) is 43.3 Å². The molecule has 2 aromatic carbocycles. The molecule has 38 heavy (non-hydrogen) atoms. The van der Waals surface area contributed by atoms with Gasteiger partial charge in [0.15, 0.2) is 29.0 Å². The van der Waals surface area contributed by atoms with Gasteiger partial charge in [-0.2, -0.15) is 0 Å². The van der Waals surface area contributed by atoms with Gasteiger partial charge in [0.05, 0.1) is 19.8 Å². The molecule has 0 bridgehead atoms. The van der Waals surface area contributed by atoms with Gasteiger partial charge in [-0.1, -0.05) is 6.07 Å². The van der Waals surface area contributed by atoms with E-state index >= 15 is 0 Å². The van der Waals surface area contributed by atoms with Crippen molar-refractivity contribution < 1.29 is 37.6 Å². The molecule has 3 aromatic rings. The molecule has 0 aliphatic carbocycles. The normalized spacial score (nSPS) is 19.9. The molecule has 8 nitrogen and oxygen atoms in total. The Morgan fingerprint density at radius 1 is 1.11 bits per heavy atom. The molecule has 206 valence electrons. The van der Waals surface area contributed by atoms with E-state index in [1.807, 2.05) is 36.2 Å². The monoisotopic (exact) mass is 535 g/mol. The summed E-state index contributed by atoms with van der Waals surface area (Å²) in [7, 11) is 1.57. The van der Waals surface area contributed by atoms with Gasteiger partial charge in [0.1, 0.15) is 23.8 Å². The molecule has 0 unspecified atom stereocenters. The zero-order valence-corrected chi connectivity index (χ0v) is 21.4. The minimum Gasteiger partial charge on any atom is -0.493 e. The summed E-state index contributed by atoms with van der Waals surface area (Å²) in [6.45, 7) is 3.79. The summed E-state index contributed by atoms with van der Waals surface area (Å²) in [4.78, 5) is 6.15. The number of nitrogens with zero attached hydrogens (tertiary/aromatic N) is 3. The molecule has 2 N–H and O–H groups in total. The van der Waals surface area contributed by atoms with Gasteiger partial charge in [-0.05, 0) is 37.5 Å². The first-order valence-electron chi connectivity index (χ1n) is 12.4. The van der Waals surface area contributed by atoms with Crippen molar-refractivity contribution in [2.45, 2.75) is 44.6 Å². The van der Waals surface area contributed by atoms with Crippen LogP contribution in [0.3, 0.4) is 0 Å². The Morgan fingerprint density at radius 2 is 1.87 bits per heavy atom. The number of aryl methyl sites for hydroxylation is 2. The molecule has 1 aliphatic heterocycles. The lowest BCUT2D eigenvalue weighted by Crippen LogP contribution is -2.59. The van der Waals surface area contributed by atoms with E-state index in [0.717, 1.165) is 24.4 Å². The highest BCUT2D eigenvalue weighted by atomic mass is 19.2. The number of aromatic nitrogens is 2. The van der Waals surface area contributed by atoms with E-state index in [-0.39, 0.29) is 18.7 Å². The average Bonchev–Trinajstić information content (AvgIpc) is 3.30. The minimum absolute atomic E-state index is 0.0484. The van der Waals surface area contributed by atoms with Crippen molar-refractivity contribution in [3.63, 3.8) is 0 Å². The number of β-amino-alcohol motifs (C(OH)–C–C–N with tert-alkyl or cyclic N) is 1. The molecule has 1 saturated heterocycles. The highest BCUT2D eigenvalue weighted by Crippen LogP contribution is 2.31. The van der Waals surface area contributed by atoms with Gasteiger partial charge in [0.2, 0.25) is 0 Å². The largest absolute Gasteiger partial charge is 0.493 e. The number of aliphatic hydroxyl groups is 2. The number of methoxy groups -OCH3 is 1. The number of rotatable bonds is 11. The van der Waals surface area contributed by atoms with E-state index in [1.165, 1.54) is 0 Å². The van der Waals surface area contributed by atoms with Crippen molar-refractivity contribution in [3.8, 4) is 17.2 Å². The first kappa shape index (κ1) is 27.7. The summed E-state index contributed by atoms with van der Waals surface area (Å²) in [5, 5.41) is 21.5. The quantitative estimate of drug-likeness (QED) is 0.287. The fourth-order valence-corrected chi connectivity index (χ4v) is 4.49. The highest BCUT2D eigenvalue weighted by molar-refractivity contribution is 5.43. The fraction of sp³-hybridized carbons (Fsp3) is 0.444. The molecule has 1 aromatic heterocycles. The second-order valence-electron chi connectivity index (χ2n) is 9.46. The van der Waals surface area contributed by atoms with Crippen LogP contribution >= 0.6 is 0 Å². The lowest BCUT2D eigenvalue weighted by molar-refractivity contribution is -0.140. The summed E-state index contributed by atoms with van der Waals surface area (Å²) in [6, 6.07) is 6.99. The maximum Gasteiger partial charge on any atom is 0.194 e. The van der Waals surface area contributed by atoms with E-state index in [1.54, 1.807) is 13.3 Å². The summed E-state index contributed by atoms with van der Waals surface area (Å²) >= 11 is 0. The number of imidazole rings is 1. The molecule has 1 aliphatic rings. The Labute approximate surface area is 219 Å². The van der Waals surface area contributed by atoms with Crippen molar-refractivity contribution in [1.82, 2.24) is 14.5 Å². The summed E-state index contributed by atoms with van der Waals surface area (Å²) < 4.78 is 59.1. The molecule has 11 heteroatoms. The van der Waals surface area contributed by atoms with Gasteiger partial charge in [-0.25, -0.2) is 18.2 Å². The lowest BCUT2D eigenvalue weighted by Gasteiger charge is -2.42. The Bertz CT molecular complexity index is 1220. The number of halogens is 3. The predicted octanol–water partition coefficient (Wildman–Crippen LogP) is 3.46. The molecule has 0 amide bonds. The second-order valence-corrected chi connectivity index (χ2v) is 9.46. The predicted molar refractivity (Wildman–Crippen MR) is 133 cm³/mol. The van der Waals surface area contributed by atoms with Gasteiger partial charge >= 0.3 is 0 Å². The third-order valence-corrected chi connectivity index (χ3v) is 6.64. The van der Waals surface area contributed by atoms with E-state index < -0.39 is 35.8 Å². The number of likely N-dealkylation sites (tertiary alicyclic amines) is 1. The van der Waals surface area contributed by atoms with Crippen LogP contribution in [0.25, 0.3) is 0 Å². The minimum atomic E-state index is -1.70. The van der Waals surface area contributed by atoms with Crippen LogP contribution in [0.15, 0.2) is 42.7 Å². The third-order valence-electron chi connectivity index (χ3n) is 6.64. The van der Waals surface area contributed by atoms with E-state index in [9.17, 15) is 23.4 Å². The van der Waals surface area contributed by atoms with Crippen molar-refractivity contribution in [1.29, 1.82) is 0 Å². The van der Waals surface area contributed by atoms with Crippen molar-refractivity contribution in [2.75, 3.05) is 33.4 Å². The molecular weight excluding hydrogens is 503 g/mol. The number of hydrogen-bond donors (Lipinski definition) is 2. The Kier molecular flexibility index (Phi) is 8.80.